The molecule has 0 radical (unpaired) electrons. The number of rotatable bonds is 6. The summed E-state index contributed by atoms with van der Waals surface area (Å²) in [5, 5.41) is 0. The minimum Gasteiger partial charge on any atom is -0.497 e. The van der Waals surface area contributed by atoms with Crippen LogP contribution in [0.1, 0.15) is 41.7 Å². The maximum absolute atomic E-state index is 13.1. The van der Waals surface area contributed by atoms with Crippen LogP contribution in [-0.2, 0) is 0 Å². The van der Waals surface area contributed by atoms with Gasteiger partial charge in [-0.25, -0.2) is 0 Å². The van der Waals surface area contributed by atoms with Crippen LogP contribution in [0.25, 0.3) is 0 Å². The number of hydrogen-bond donors (Lipinski definition) is 0. The molecule has 0 aromatic heterocycles. The van der Waals surface area contributed by atoms with Crippen molar-refractivity contribution in [2.75, 3.05) is 27.4 Å². The normalized spacial score (nSPS) is 16.4. The highest BCUT2D eigenvalue weighted by Crippen LogP contribution is 2.35. The van der Waals surface area contributed by atoms with E-state index in [1.54, 1.807) is 32.4 Å². The van der Waals surface area contributed by atoms with Crippen molar-refractivity contribution in [2.45, 2.75) is 25.8 Å². The minimum atomic E-state index is -0.00131. The van der Waals surface area contributed by atoms with Gasteiger partial charge in [-0.15, -0.1) is 0 Å². The van der Waals surface area contributed by atoms with Crippen LogP contribution in [0.2, 0.25) is 0 Å². The van der Waals surface area contributed by atoms with Gasteiger partial charge in [0.2, 0.25) is 0 Å². The molecule has 5 nitrogen and oxygen atoms in total. The van der Waals surface area contributed by atoms with Crippen molar-refractivity contribution < 1.29 is 19.0 Å². The van der Waals surface area contributed by atoms with E-state index >= 15 is 0 Å². The molecule has 5 heteroatoms. The van der Waals surface area contributed by atoms with Gasteiger partial charge in [-0.05, 0) is 49.6 Å². The van der Waals surface area contributed by atoms with Gasteiger partial charge in [0.15, 0.2) is 0 Å². The Labute approximate surface area is 154 Å². The first-order chi connectivity index (χ1) is 12.7. The molecule has 3 rings (SSSR count). The predicted molar refractivity (Wildman–Crippen MR) is 100 cm³/mol. The van der Waals surface area contributed by atoms with Crippen LogP contribution in [0.3, 0.4) is 0 Å². The van der Waals surface area contributed by atoms with Gasteiger partial charge in [0.25, 0.3) is 5.91 Å². The molecule has 0 spiro atoms. The van der Waals surface area contributed by atoms with Crippen LogP contribution < -0.4 is 14.2 Å². The summed E-state index contributed by atoms with van der Waals surface area (Å²) in [5.41, 5.74) is 1.72. The quantitative estimate of drug-likeness (QED) is 0.783. The second kappa shape index (κ2) is 8.13. The first kappa shape index (κ1) is 18.1. The lowest BCUT2D eigenvalue weighted by Crippen LogP contribution is -2.30. The zero-order chi connectivity index (χ0) is 18.5. The summed E-state index contributed by atoms with van der Waals surface area (Å²) in [7, 11) is 3.17. The van der Waals surface area contributed by atoms with Crippen molar-refractivity contribution in [3.63, 3.8) is 0 Å². The fourth-order valence-electron chi connectivity index (χ4n) is 3.41. The van der Waals surface area contributed by atoms with Crippen LogP contribution >= 0.6 is 0 Å². The summed E-state index contributed by atoms with van der Waals surface area (Å²) in [6, 6.07) is 13.4. The van der Waals surface area contributed by atoms with E-state index in [0.29, 0.717) is 23.7 Å². The van der Waals surface area contributed by atoms with Gasteiger partial charge >= 0.3 is 0 Å². The molecular weight excluding hydrogens is 330 g/mol. The lowest BCUT2D eigenvalue weighted by Gasteiger charge is -2.25. The summed E-state index contributed by atoms with van der Waals surface area (Å²) in [6.45, 7) is 3.36. The van der Waals surface area contributed by atoms with Crippen molar-refractivity contribution in [1.82, 2.24) is 4.90 Å². The van der Waals surface area contributed by atoms with Gasteiger partial charge in [0, 0.05) is 18.2 Å². The van der Waals surface area contributed by atoms with Crippen molar-refractivity contribution >= 4 is 5.91 Å². The Morgan fingerprint density at radius 3 is 2.27 bits per heavy atom. The zero-order valence-corrected chi connectivity index (χ0v) is 15.5. The van der Waals surface area contributed by atoms with Crippen molar-refractivity contribution in [3.05, 3.63) is 53.6 Å². The fourth-order valence-corrected chi connectivity index (χ4v) is 3.41. The molecule has 1 saturated heterocycles. The Morgan fingerprint density at radius 2 is 1.69 bits per heavy atom. The molecular formula is C21H25NO4. The van der Waals surface area contributed by atoms with Crippen molar-refractivity contribution in [1.29, 1.82) is 0 Å². The number of benzene rings is 2. The highest BCUT2D eigenvalue weighted by atomic mass is 16.5. The molecule has 1 fully saturated rings. The van der Waals surface area contributed by atoms with E-state index in [9.17, 15) is 4.79 Å². The van der Waals surface area contributed by atoms with Crippen LogP contribution in [0.5, 0.6) is 17.2 Å². The van der Waals surface area contributed by atoms with E-state index in [0.717, 1.165) is 30.7 Å². The van der Waals surface area contributed by atoms with Gasteiger partial charge < -0.3 is 19.1 Å². The fraction of sp³-hybridized carbons (Fsp3) is 0.381. The largest absolute Gasteiger partial charge is 0.497 e. The molecule has 1 amide bonds. The standard InChI is InChI=1S/C21H25NO4/c1-4-26-17-9-7-15(8-10-17)20-6-5-11-22(20)21(23)16-12-18(24-2)14-19(13-16)25-3/h7-10,12-14,20H,4-6,11H2,1-3H3. The summed E-state index contributed by atoms with van der Waals surface area (Å²) in [6.07, 6.45) is 1.95. The first-order valence-electron chi connectivity index (χ1n) is 8.93. The third-order valence-electron chi connectivity index (χ3n) is 4.69. The maximum Gasteiger partial charge on any atom is 0.254 e. The minimum absolute atomic E-state index is 0.00131. The number of methoxy groups -OCH3 is 2. The number of amides is 1. The highest BCUT2D eigenvalue weighted by molar-refractivity contribution is 5.95. The SMILES string of the molecule is CCOc1ccc(C2CCCN2C(=O)c2cc(OC)cc(OC)c2)cc1. The summed E-state index contributed by atoms with van der Waals surface area (Å²) in [5.74, 6) is 2.08. The summed E-state index contributed by atoms with van der Waals surface area (Å²) >= 11 is 0. The molecule has 0 aliphatic carbocycles. The first-order valence-corrected chi connectivity index (χ1v) is 8.93. The second-order valence-corrected chi connectivity index (χ2v) is 6.26. The second-order valence-electron chi connectivity index (χ2n) is 6.26. The summed E-state index contributed by atoms with van der Waals surface area (Å²) < 4.78 is 16.1. The van der Waals surface area contributed by atoms with Crippen LogP contribution in [0.15, 0.2) is 42.5 Å². The lowest BCUT2D eigenvalue weighted by molar-refractivity contribution is 0.0735. The van der Waals surface area contributed by atoms with E-state index in [1.165, 1.54) is 0 Å². The van der Waals surface area contributed by atoms with Crippen LogP contribution in [-0.4, -0.2) is 38.2 Å². The monoisotopic (exact) mass is 355 g/mol. The molecule has 0 N–H and O–H groups in total. The smallest absolute Gasteiger partial charge is 0.254 e. The third kappa shape index (κ3) is 3.77. The number of carbonyl (C=O) groups excluding carboxylic acids is 1. The molecule has 1 heterocycles. The third-order valence-corrected chi connectivity index (χ3v) is 4.69. The Kier molecular flexibility index (Phi) is 5.66. The summed E-state index contributed by atoms with van der Waals surface area (Å²) in [4.78, 5) is 15.1. The molecule has 2 aromatic rings. The highest BCUT2D eigenvalue weighted by Gasteiger charge is 2.31. The van der Waals surface area contributed by atoms with E-state index < -0.39 is 0 Å². The molecule has 1 aliphatic heterocycles. The van der Waals surface area contributed by atoms with E-state index in [4.69, 9.17) is 14.2 Å². The predicted octanol–water partition coefficient (Wildman–Crippen LogP) is 4.08. The number of nitrogens with zero attached hydrogens (tertiary/aromatic N) is 1. The van der Waals surface area contributed by atoms with Crippen LogP contribution in [0, 0.1) is 0 Å². The Hall–Kier alpha value is -2.69. The van der Waals surface area contributed by atoms with E-state index in [-0.39, 0.29) is 11.9 Å². The topological polar surface area (TPSA) is 48.0 Å². The number of likely N-dealkylation sites (tertiary alicyclic amines) is 1. The molecule has 2 aromatic carbocycles. The van der Waals surface area contributed by atoms with Gasteiger partial charge in [0.1, 0.15) is 17.2 Å². The zero-order valence-electron chi connectivity index (χ0n) is 15.5. The van der Waals surface area contributed by atoms with Gasteiger partial charge in [-0.1, -0.05) is 12.1 Å². The van der Waals surface area contributed by atoms with Crippen molar-refractivity contribution in [2.24, 2.45) is 0 Å². The molecule has 0 bridgehead atoms. The molecule has 1 aliphatic rings. The maximum atomic E-state index is 13.1. The lowest BCUT2D eigenvalue weighted by atomic mass is 10.0. The van der Waals surface area contributed by atoms with Gasteiger partial charge in [-0.2, -0.15) is 0 Å². The molecule has 1 atom stereocenters. The Bertz CT molecular complexity index is 735. The van der Waals surface area contributed by atoms with Crippen LogP contribution in [0.4, 0.5) is 0 Å². The average molecular weight is 355 g/mol. The molecule has 0 saturated carbocycles. The molecule has 26 heavy (non-hydrogen) atoms. The van der Waals surface area contributed by atoms with Crippen molar-refractivity contribution in [3.8, 4) is 17.2 Å². The number of carbonyl (C=O) groups is 1. The average Bonchev–Trinajstić information content (AvgIpc) is 3.17. The Balaban J connectivity index is 1.84. The van der Waals surface area contributed by atoms with Gasteiger partial charge in [0.05, 0.1) is 26.9 Å². The van der Waals surface area contributed by atoms with E-state index in [2.05, 4.69) is 0 Å². The molecule has 138 valence electrons. The number of hydrogen-bond acceptors (Lipinski definition) is 4. The van der Waals surface area contributed by atoms with E-state index in [1.807, 2.05) is 36.1 Å². The van der Waals surface area contributed by atoms with Gasteiger partial charge in [-0.3, -0.25) is 4.79 Å². The molecule has 1 unspecified atom stereocenters. The number of ether oxygens (including phenoxy) is 3. The Morgan fingerprint density at radius 1 is 1.04 bits per heavy atom.